The number of non-ortho nitro benzene ring substituents is 1. The number of ether oxygens (including phenoxy) is 1. The summed E-state index contributed by atoms with van der Waals surface area (Å²) in [5, 5.41) is 31.6. The number of anilines is 1. The highest BCUT2D eigenvalue weighted by Crippen LogP contribution is 2.40. The van der Waals surface area contributed by atoms with E-state index in [2.05, 4.69) is 25.4 Å². The van der Waals surface area contributed by atoms with Gasteiger partial charge in [0.2, 0.25) is 0 Å². The van der Waals surface area contributed by atoms with Crippen LogP contribution in [-0.2, 0) is 0 Å². The van der Waals surface area contributed by atoms with Crippen LogP contribution in [0.4, 0.5) is 17.2 Å². The minimum Gasteiger partial charge on any atom is -0.497 e. The Bertz CT molecular complexity index is 1790. The van der Waals surface area contributed by atoms with E-state index in [-0.39, 0.29) is 22.1 Å². The lowest BCUT2D eigenvalue weighted by Crippen LogP contribution is -2.20. The fourth-order valence-corrected chi connectivity index (χ4v) is 4.30. The molecule has 3 aromatic heterocycles. The highest BCUT2D eigenvalue weighted by molar-refractivity contribution is 7.80. The first-order valence-corrected chi connectivity index (χ1v) is 11.3. The summed E-state index contributed by atoms with van der Waals surface area (Å²) in [5.41, 5.74) is 7.13. The first kappa shape index (κ1) is 24.4. The number of aryl methyl sites for hydroxylation is 1. The van der Waals surface area contributed by atoms with E-state index in [1.165, 1.54) is 23.1 Å². The van der Waals surface area contributed by atoms with Crippen molar-refractivity contribution in [3.63, 3.8) is 0 Å². The molecule has 0 fully saturated rings. The first-order valence-electron chi connectivity index (χ1n) is 10.9. The monoisotopic (exact) mass is 531 g/mol. The number of nitrogens with zero attached hydrogens (tertiary/aromatic N) is 7. The zero-order chi connectivity index (χ0) is 27.1. The SMILES string of the molecule is COc1ccc(-c2c3c(NC(N)=S)ncnc3nc3c2c(C)nn3-c2ccc([N+](=O)[O-])cc2[N+](=O)[O-])cc1. The maximum Gasteiger partial charge on any atom is 0.301 e. The molecule has 0 bridgehead atoms. The Hall–Kier alpha value is -5.31. The summed E-state index contributed by atoms with van der Waals surface area (Å²) in [4.78, 5) is 35.0. The molecular weight excluding hydrogens is 514 g/mol. The summed E-state index contributed by atoms with van der Waals surface area (Å²) in [7, 11) is 1.55. The molecule has 190 valence electrons. The van der Waals surface area contributed by atoms with Crippen LogP contribution in [0.3, 0.4) is 0 Å². The molecule has 0 saturated carbocycles. The Balaban J connectivity index is 1.91. The molecule has 0 atom stereocenters. The normalized spacial score (nSPS) is 11.0. The highest BCUT2D eigenvalue weighted by atomic mass is 32.1. The summed E-state index contributed by atoms with van der Waals surface area (Å²) in [6.45, 7) is 1.72. The van der Waals surface area contributed by atoms with Gasteiger partial charge in [-0.3, -0.25) is 20.2 Å². The van der Waals surface area contributed by atoms with Gasteiger partial charge in [-0.25, -0.2) is 19.6 Å². The van der Waals surface area contributed by atoms with E-state index in [9.17, 15) is 20.2 Å². The van der Waals surface area contributed by atoms with E-state index in [0.717, 1.165) is 11.6 Å². The zero-order valence-electron chi connectivity index (χ0n) is 19.8. The Morgan fingerprint density at radius 1 is 1.08 bits per heavy atom. The van der Waals surface area contributed by atoms with Crippen molar-refractivity contribution in [3.05, 3.63) is 74.7 Å². The Morgan fingerprint density at radius 3 is 2.45 bits per heavy atom. The van der Waals surface area contributed by atoms with Crippen molar-refractivity contribution in [1.29, 1.82) is 0 Å². The van der Waals surface area contributed by atoms with Gasteiger partial charge in [0.25, 0.3) is 5.69 Å². The van der Waals surface area contributed by atoms with Gasteiger partial charge in [0.15, 0.2) is 16.4 Å². The van der Waals surface area contributed by atoms with Crippen LogP contribution in [0.1, 0.15) is 5.69 Å². The molecule has 3 N–H and O–H groups in total. The van der Waals surface area contributed by atoms with Crippen molar-refractivity contribution >= 4 is 56.6 Å². The molecule has 0 unspecified atom stereocenters. The van der Waals surface area contributed by atoms with Crippen molar-refractivity contribution in [3.8, 4) is 22.6 Å². The molecule has 0 aliphatic rings. The predicted molar refractivity (Wildman–Crippen MR) is 142 cm³/mol. The Kier molecular flexibility index (Phi) is 5.96. The second-order valence-electron chi connectivity index (χ2n) is 8.01. The molecular formula is C23H17N9O5S. The van der Waals surface area contributed by atoms with E-state index in [1.54, 1.807) is 26.2 Å². The van der Waals surface area contributed by atoms with Crippen molar-refractivity contribution in [2.45, 2.75) is 6.92 Å². The highest BCUT2D eigenvalue weighted by Gasteiger charge is 2.27. The predicted octanol–water partition coefficient (Wildman–Crippen LogP) is 3.82. The number of fused-ring (bicyclic) bond motifs is 2. The van der Waals surface area contributed by atoms with Gasteiger partial charge in [-0.2, -0.15) is 5.10 Å². The van der Waals surface area contributed by atoms with Gasteiger partial charge in [0, 0.05) is 11.6 Å². The molecule has 0 saturated heterocycles. The Labute approximate surface area is 218 Å². The van der Waals surface area contributed by atoms with Gasteiger partial charge in [-0.15, -0.1) is 0 Å². The number of nitrogens with one attached hydrogen (secondary N) is 1. The van der Waals surface area contributed by atoms with E-state index in [4.69, 9.17) is 22.7 Å². The van der Waals surface area contributed by atoms with Crippen LogP contribution in [0.5, 0.6) is 5.75 Å². The summed E-state index contributed by atoms with van der Waals surface area (Å²) >= 11 is 5.03. The minimum absolute atomic E-state index is 0.00164. The number of nitrogens with two attached hydrogens (primary N) is 1. The minimum atomic E-state index is -0.705. The van der Waals surface area contributed by atoms with Crippen LogP contribution in [-0.4, -0.2) is 46.8 Å². The second kappa shape index (κ2) is 9.29. The van der Waals surface area contributed by atoms with Crippen LogP contribution in [0, 0.1) is 27.2 Å². The summed E-state index contributed by atoms with van der Waals surface area (Å²) in [5.74, 6) is 0.950. The number of thiocarbonyl (C=S) groups is 1. The third-order valence-corrected chi connectivity index (χ3v) is 5.89. The van der Waals surface area contributed by atoms with E-state index >= 15 is 0 Å². The molecule has 0 amide bonds. The quantitative estimate of drug-likeness (QED) is 0.183. The van der Waals surface area contributed by atoms with Crippen LogP contribution >= 0.6 is 12.2 Å². The number of methoxy groups -OCH3 is 1. The smallest absolute Gasteiger partial charge is 0.301 e. The summed E-state index contributed by atoms with van der Waals surface area (Å²) in [6.07, 6.45) is 1.28. The van der Waals surface area contributed by atoms with Crippen molar-refractivity contribution < 1.29 is 14.6 Å². The Morgan fingerprint density at radius 2 is 1.82 bits per heavy atom. The van der Waals surface area contributed by atoms with E-state index in [0.29, 0.717) is 33.6 Å². The van der Waals surface area contributed by atoms with Gasteiger partial charge in [-0.05, 0) is 42.9 Å². The summed E-state index contributed by atoms with van der Waals surface area (Å²) < 4.78 is 6.57. The van der Waals surface area contributed by atoms with Crippen molar-refractivity contribution in [2.75, 3.05) is 12.4 Å². The maximum absolute atomic E-state index is 11.9. The van der Waals surface area contributed by atoms with Crippen LogP contribution < -0.4 is 15.8 Å². The van der Waals surface area contributed by atoms with Crippen molar-refractivity contribution in [1.82, 2.24) is 24.7 Å². The third-order valence-electron chi connectivity index (χ3n) is 5.79. The molecule has 0 spiro atoms. The standard InChI is InChI=1S/C23H17N9O5S/c1-11-17-18(12-3-6-14(37-2)7-4-12)19-20(25-10-26-21(19)28-23(24)38)27-22(17)30(29-11)15-8-5-13(31(33)34)9-16(15)32(35)36/h3-10H,1-2H3,(H3,24,25,26,27,28,38). The van der Waals surface area contributed by atoms with Gasteiger partial charge in [-0.1, -0.05) is 12.1 Å². The van der Waals surface area contributed by atoms with E-state index in [1.807, 2.05) is 12.1 Å². The number of nitro groups is 2. The first-order chi connectivity index (χ1) is 18.2. The zero-order valence-corrected chi connectivity index (χ0v) is 20.6. The number of hydrogen-bond donors (Lipinski definition) is 2. The fourth-order valence-electron chi connectivity index (χ4n) is 4.20. The average molecular weight is 532 g/mol. The molecule has 38 heavy (non-hydrogen) atoms. The number of pyridine rings is 1. The molecule has 0 radical (unpaired) electrons. The molecule has 5 aromatic rings. The molecule has 15 heteroatoms. The lowest BCUT2D eigenvalue weighted by atomic mass is 9.98. The third kappa shape index (κ3) is 4.05. The molecule has 5 rings (SSSR count). The molecule has 0 aliphatic heterocycles. The molecule has 14 nitrogen and oxygen atoms in total. The molecule has 2 aromatic carbocycles. The van der Waals surface area contributed by atoms with Gasteiger partial charge in [0.05, 0.1) is 39.5 Å². The topological polar surface area (TPSA) is 190 Å². The number of benzene rings is 2. The largest absolute Gasteiger partial charge is 0.497 e. The second-order valence-corrected chi connectivity index (χ2v) is 8.45. The van der Waals surface area contributed by atoms with Crippen LogP contribution in [0.2, 0.25) is 0 Å². The number of aromatic nitrogens is 5. The lowest BCUT2D eigenvalue weighted by Gasteiger charge is -2.13. The molecule has 0 aliphatic carbocycles. The van der Waals surface area contributed by atoms with Crippen molar-refractivity contribution in [2.24, 2.45) is 5.73 Å². The van der Waals surface area contributed by atoms with Crippen LogP contribution in [0.15, 0.2) is 48.8 Å². The van der Waals surface area contributed by atoms with Gasteiger partial charge in [0.1, 0.15) is 23.6 Å². The summed E-state index contributed by atoms with van der Waals surface area (Å²) in [6, 6.07) is 10.5. The number of hydrogen-bond acceptors (Lipinski definition) is 10. The fraction of sp³-hybridized carbons (Fsp3) is 0.0870. The average Bonchev–Trinajstić information content (AvgIpc) is 3.22. The molecule has 3 heterocycles. The van der Waals surface area contributed by atoms with E-state index < -0.39 is 21.2 Å². The number of rotatable bonds is 6. The lowest BCUT2D eigenvalue weighted by molar-refractivity contribution is -0.394. The van der Waals surface area contributed by atoms with Gasteiger partial charge >= 0.3 is 5.69 Å². The van der Waals surface area contributed by atoms with Crippen LogP contribution in [0.25, 0.3) is 38.9 Å². The maximum atomic E-state index is 11.9. The van der Waals surface area contributed by atoms with Gasteiger partial charge < -0.3 is 15.8 Å². The number of nitro benzene ring substituents is 2.